The first-order chi connectivity index (χ1) is 9.28. The van der Waals surface area contributed by atoms with Crippen LogP contribution in [0.15, 0.2) is 0 Å². The molecule has 2 heterocycles. The molecule has 0 aromatic heterocycles. The summed E-state index contributed by atoms with van der Waals surface area (Å²) in [6, 6.07) is 1.23. The van der Waals surface area contributed by atoms with E-state index in [9.17, 15) is 9.90 Å². The zero-order chi connectivity index (χ0) is 13.2. The molecular weight excluding hydrogens is 242 g/mol. The van der Waals surface area contributed by atoms with Crippen molar-refractivity contribution in [2.45, 2.75) is 56.7 Å². The summed E-state index contributed by atoms with van der Waals surface area (Å²) < 4.78 is 0. The van der Waals surface area contributed by atoms with Crippen molar-refractivity contribution < 1.29 is 9.90 Å². The van der Waals surface area contributed by atoms with E-state index in [-0.39, 0.29) is 18.7 Å². The Kier molecular flexibility index (Phi) is 3.93. The van der Waals surface area contributed by atoms with Gasteiger partial charge >= 0.3 is 6.03 Å². The number of urea groups is 1. The average molecular weight is 267 g/mol. The van der Waals surface area contributed by atoms with Crippen molar-refractivity contribution in [2.75, 3.05) is 26.2 Å². The second-order valence-electron chi connectivity index (χ2n) is 6.16. The number of hydrogen-bond donors (Lipinski definition) is 2. The van der Waals surface area contributed by atoms with E-state index in [1.165, 1.54) is 12.8 Å². The first-order valence-electron chi connectivity index (χ1n) is 7.70. The van der Waals surface area contributed by atoms with Crippen LogP contribution >= 0.6 is 0 Å². The van der Waals surface area contributed by atoms with Gasteiger partial charge in [-0.15, -0.1) is 0 Å². The van der Waals surface area contributed by atoms with Gasteiger partial charge in [0.1, 0.15) is 0 Å². The number of nitrogens with zero attached hydrogens (tertiary/aromatic N) is 2. The van der Waals surface area contributed by atoms with Crippen LogP contribution in [0.3, 0.4) is 0 Å². The molecule has 2 N–H and O–H groups in total. The molecule has 3 rings (SSSR count). The lowest BCUT2D eigenvalue weighted by Gasteiger charge is -2.34. The first kappa shape index (κ1) is 13.2. The van der Waals surface area contributed by atoms with Crippen molar-refractivity contribution in [1.29, 1.82) is 0 Å². The molecule has 1 saturated carbocycles. The highest BCUT2D eigenvalue weighted by molar-refractivity contribution is 5.75. The smallest absolute Gasteiger partial charge is 0.317 e. The van der Waals surface area contributed by atoms with E-state index in [0.717, 1.165) is 51.4 Å². The van der Waals surface area contributed by atoms with E-state index in [4.69, 9.17) is 0 Å². The number of piperidine rings is 1. The maximum Gasteiger partial charge on any atom is 0.317 e. The number of rotatable bonds is 3. The van der Waals surface area contributed by atoms with Crippen LogP contribution in [0.25, 0.3) is 0 Å². The fourth-order valence-corrected chi connectivity index (χ4v) is 3.40. The summed E-state index contributed by atoms with van der Waals surface area (Å²) in [4.78, 5) is 16.6. The van der Waals surface area contributed by atoms with Gasteiger partial charge in [0.05, 0.1) is 12.6 Å². The highest BCUT2D eigenvalue weighted by atomic mass is 16.3. The van der Waals surface area contributed by atoms with Gasteiger partial charge in [-0.1, -0.05) is 0 Å². The Hall–Kier alpha value is -0.810. The van der Waals surface area contributed by atoms with E-state index in [2.05, 4.69) is 10.2 Å². The fraction of sp³-hybridized carbons (Fsp3) is 0.929. The SMILES string of the molecule is O=C(NC1CCN(C2CC2)CC1)N1CCCC1CO. The minimum atomic E-state index is 0.0291. The standard InChI is InChI=1S/C14H25N3O2/c18-10-13-2-1-7-17(13)14(19)15-11-5-8-16(9-6-11)12-3-4-12/h11-13,18H,1-10H2,(H,15,19). The van der Waals surface area contributed by atoms with Crippen LogP contribution in [0.2, 0.25) is 0 Å². The van der Waals surface area contributed by atoms with Crippen molar-refractivity contribution in [3.63, 3.8) is 0 Å². The molecule has 0 spiro atoms. The number of aliphatic hydroxyl groups excluding tert-OH is 1. The Morgan fingerprint density at radius 1 is 1.11 bits per heavy atom. The number of hydrogen-bond acceptors (Lipinski definition) is 3. The topological polar surface area (TPSA) is 55.8 Å². The molecule has 0 radical (unpaired) electrons. The van der Waals surface area contributed by atoms with Crippen LogP contribution in [0.5, 0.6) is 0 Å². The van der Waals surface area contributed by atoms with Gasteiger partial charge in [0, 0.05) is 31.7 Å². The highest BCUT2D eigenvalue weighted by Crippen LogP contribution is 2.29. The van der Waals surface area contributed by atoms with Gasteiger partial charge in [-0.05, 0) is 38.5 Å². The van der Waals surface area contributed by atoms with Crippen LogP contribution < -0.4 is 5.32 Å². The number of likely N-dealkylation sites (tertiary alicyclic amines) is 2. The highest BCUT2D eigenvalue weighted by Gasteiger charge is 2.33. The van der Waals surface area contributed by atoms with Gasteiger partial charge in [0.25, 0.3) is 0 Å². The third kappa shape index (κ3) is 3.03. The summed E-state index contributed by atoms with van der Waals surface area (Å²) in [5.41, 5.74) is 0. The molecule has 3 aliphatic rings. The minimum absolute atomic E-state index is 0.0291. The zero-order valence-corrected chi connectivity index (χ0v) is 11.6. The molecule has 1 aliphatic carbocycles. The molecule has 0 aromatic carbocycles. The first-order valence-corrected chi connectivity index (χ1v) is 7.70. The summed E-state index contributed by atoms with van der Waals surface area (Å²) in [6.07, 6.45) is 6.81. The van der Waals surface area contributed by atoms with Gasteiger partial charge in [-0.25, -0.2) is 4.79 Å². The van der Waals surface area contributed by atoms with Crippen molar-refractivity contribution in [3.8, 4) is 0 Å². The Morgan fingerprint density at radius 3 is 2.47 bits per heavy atom. The van der Waals surface area contributed by atoms with E-state index in [1.807, 2.05) is 4.90 Å². The van der Waals surface area contributed by atoms with Crippen LogP contribution in [-0.4, -0.2) is 65.3 Å². The van der Waals surface area contributed by atoms with Crippen molar-refractivity contribution in [2.24, 2.45) is 0 Å². The number of carbonyl (C=O) groups excluding carboxylic acids is 1. The van der Waals surface area contributed by atoms with Crippen molar-refractivity contribution in [1.82, 2.24) is 15.1 Å². The van der Waals surface area contributed by atoms with Gasteiger partial charge in [0.15, 0.2) is 0 Å². The maximum absolute atomic E-state index is 12.2. The largest absolute Gasteiger partial charge is 0.394 e. The Balaban J connectivity index is 1.44. The Bertz CT molecular complexity index is 325. The molecule has 3 fully saturated rings. The molecule has 2 amide bonds. The molecule has 2 saturated heterocycles. The van der Waals surface area contributed by atoms with E-state index < -0.39 is 0 Å². The van der Waals surface area contributed by atoms with Gasteiger partial charge in [-0.2, -0.15) is 0 Å². The summed E-state index contributed by atoms with van der Waals surface area (Å²) in [5, 5.41) is 12.4. The number of nitrogens with one attached hydrogen (secondary N) is 1. The monoisotopic (exact) mass is 267 g/mol. The summed E-state index contributed by atoms with van der Waals surface area (Å²) in [7, 11) is 0. The molecule has 1 atom stereocenters. The predicted octanol–water partition coefficient (Wildman–Crippen LogP) is 0.779. The number of carbonyl (C=O) groups is 1. The summed E-state index contributed by atoms with van der Waals surface area (Å²) >= 11 is 0. The quantitative estimate of drug-likeness (QED) is 0.794. The predicted molar refractivity (Wildman–Crippen MR) is 73.0 cm³/mol. The molecule has 5 nitrogen and oxygen atoms in total. The molecule has 1 unspecified atom stereocenters. The lowest BCUT2D eigenvalue weighted by molar-refractivity contribution is 0.145. The van der Waals surface area contributed by atoms with Crippen molar-refractivity contribution >= 4 is 6.03 Å². The molecular formula is C14H25N3O2. The third-order valence-corrected chi connectivity index (χ3v) is 4.77. The second kappa shape index (κ2) is 5.67. The molecule has 108 valence electrons. The van der Waals surface area contributed by atoms with Crippen LogP contribution in [-0.2, 0) is 0 Å². The number of amides is 2. The third-order valence-electron chi connectivity index (χ3n) is 4.77. The maximum atomic E-state index is 12.2. The molecule has 0 bridgehead atoms. The van der Waals surface area contributed by atoms with Crippen LogP contribution in [0.4, 0.5) is 4.79 Å². The average Bonchev–Trinajstić information content (AvgIpc) is 3.16. The van der Waals surface area contributed by atoms with E-state index in [1.54, 1.807) is 0 Å². The zero-order valence-electron chi connectivity index (χ0n) is 11.6. The van der Waals surface area contributed by atoms with E-state index in [0.29, 0.717) is 6.04 Å². The lowest BCUT2D eigenvalue weighted by Crippen LogP contribution is -2.51. The van der Waals surface area contributed by atoms with Gasteiger partial charge in [-0.3, -0.25) is 0 Å². The van der Waals surface area contributed by atoms with Gasteiger partial charge < -0.3 is 20.2 Å². The molecule has 0 aromatic rings. The van der Waals surface area contributed by atoms with Crippen LogP contribution in [0.1, 0.15) is 38.5 Å². The second-order valence-corrected chi connectivity index (χ2v) is 6.16. The van der Waals surface area contributed by atoms with E-state index >= 15 is 0 Å². The summed E-state index contributed by atoms with van der Waals surface area (Å²) in [5.74, 6) is 0. The van der Waals surface area contributed by atoms with Crippen LogP contribution in [0, 0.1) is 0 Å². The summed E-state index contributed by atoms with van der Waals surface area (Å²) in [6.45, 7) is 3.13. The molecule has 19 heavy (non-hydrogen) atoms. The Morgan fingerprint density at radius 2 is 1.84 bits per heavy atom. The Labute approximate surface area is 114 Å². The normalized spacial score (nSPS) is 29.7. The van der Waals surface area contributed by atoms with Gasteiger partial charge in [0.2, 0.25) is 0 Å². The molecule has 2 aliphatic heterocycles. The van der Waals surface area contributed by atoms with Crippen molar-refractivity contribution in [3.05, 3.63) is 0 Å². The fourth-order valence-electron chi connectivity index (χ4n) is 3.40. The molecule has 5 heteroatoms. The number of aliphatic hydroxyl groups is 1. The minimum Gasteiger partial charge on any atom is -0.394 e. The lowest BCUT2D eigenvalue weighted by atomic mass is 10.1.